The predicted molar refractivity (Wildman–Crippen MR) is 116 cm³/mol. The summed E-state index contributed by atoms with van der Waals surface area (Å²) in [7, 11) is 3.13. The average Bonchev–Trinajstić information content (AvgIpc) is 2.97. The molecule has 8 nitrogen and oxygen atoms in total. The summed E-state index contributed by atoms with van der Waals surface area (Å²) in [5, 5.41) is 3.53. The highest BCUT2D eigenvalue weighted by Gasteiger charge is 2.15. The first kappa shape index (κ1) is 19.3. The Morgan fingerprint density at radius 1 is 1.00 bits per heavy atom. The van der Waals surface area contributed by atoms with E-state index < -0.39 is 0 Å². The molecule has 3 aromatic rings. The van der Waals surface area contributed by atoms with Gasteiger partial charge in [0.25, 0.3) is 5.56 Å². The van der Waals surface area contributed by atoms with Crippen LogP contribution in [0.3, 0.4) is 0 Å². The van der Waals surface area contributed by atoms with E-state index in [1.54, 1.807) is 13.4 Å². The summed E-state index contributed by atoms with van der Waals surface area (Å²) in [6, 6.07) is 8.40. The zero-order valence-electron chi connectivity index (χ0n) is 17.1. The molecule has 0 spiro atoms. The lowest BCUT2D eigenvalue weighted by Gasteiger charge is -2.25. The maximum absolute atomic E-state index is 12.6. The molecule has 0 amide bonds. The van der Waals surface area contributed by atoms with Crippen LogP contribution >= 0.6 is 0 Å². The van der Waals surface area contributed by atoms with Gasteiger partial charge in [-0.25, -0.2) is 9.78 Å². The lowest BCUT2D eigenvalue weighted by molar-refractivity contribution is 0.695. The molecule has 0 atom stereocenters. The van der Waals surface area contributed by atoms with Crippen LogP contribution in [0, 0.1) is 0 Å². The molecule has 1 N–H and O–H groups in total. The molecule has 1 saturated heterocycles. The molecule has 4 rings (SSSR count). The molecule has 2 aromatic heterocycles. The number of benzene rings is 1. The van der Waals surface area contributed by atoms with Gasteiger partial charge in [0.2, 0.25) is 0 Å². The van der Waals surface area contributed by atoms with E-state index in [1.165, 1.54) is 43.0 Å². The van der Waals surface area contributed by atoms with Crippen molar-refractivity contribution in [3.8, 4) is 0 Å². The van der Waals surface area contributed by atoms with Gasteiger partial charge < -0.3 is 14.8 Å². The molecule has 0 radical (unpaired) electrons. The molecule has 0 aliphatic carbocycles. The summed E-state index contributed by atoms with van der Waals surface area (Å²) in [6.07, 6.45) is 6.71. The first-order chi connectivity index (χ1) is 14.1. The van der Waals surface area contributed by atoms with Crippen LogP contribution in [0.1, 0.15) is 25.7 Å². The molecular weight excluding hydrogens is 368 g/mol. The fourth-order valence-corrected chi connectivity index (χ4v) is 4.09. The van der Waals surface area contributed by atoms with Crippen molar-refractivity contribution in [1.29, 1.82) is 0 Å². The minimum absolute atomic E-state index is 0.314. The van der Waals surface area contributed by atoms with Gasteiger partial charge in [0.1, 0.15) is 0 Å². The highest BCUT2D eigenvalue weighted by Crippen LogP contribution is 2.27. The zero-order valence-corrected chi connectivity index (χ0v) is 17.1. The number of hydrogen-bond donors (Lipinski definition) is 1. The molecular formula is C21H28N6O2. The van der Waals surface area contributed by atoms with Crippen LogP contribution in [0.4, 0.5) is 11.4 Å². The van der Waals surface area contributed by atoms with Crippen molar-refractivity contribution in [3.05, 3.63) is 51.4 Å². The number of nitrogens with one attached hydrogen (secondary N) is 1. The van der Waals surface area contributed by atoms with Crippen molar-refractivity contribution in [2.24, 2.45) is 14.1 Å². The molecule has 0 saturated carbocycles. The summed E-state index contributed by atoms with van der Waals surface area (Å²) in [4.78, 5) is 31.4. The molecule has 1 aliphatic heterocycles. The minimum atomic E-state index is -0.364. The number of para-hydroxylation sites is 2. The van der Waals surface area contributed by atoms with Gasteiger partial charge in [-0.3, -0.25) is 13.9 Å². The Morgan fingerprint density at radius 2 is 1.72 bits per heavy atom. The van der Waals surface area contributed by atoms with Gasteiger partial charge in [-0.05, 0) is 25.0 Å². The quantitative estimate of drug-likeness (QED) is 0.713. The lowest BCUT2D eigenvalue weighted by Crippen LogP contribution is -2.37. The van der Waals surface area contributed by atoms with E-state index in [2.05, 4.69) is 33.4 Å². The van der Waals surface area contributed by atoms with Crippen molar-refractivity contribution in [2.45, 2.75) is 32.2 Å². The van der Waals surface area contributed by atoms with Crippen LogP contribution in [0.5, 0.6) is 0 Å². The molecule has 1 aromatic carbocycles. The van der Waals surface area contributed by atoms with E-state index in [9.17, 15) is 9.59 Å². The van der Waals surface area contributed by atoms with Gasteiger partial charge in [-0.15, -0.1) is 0 Å². The summed E-state index contributed by atoms with van der Waals surface area (Å²) >= 11 is 0. The van der Waals surface area contributed by atoms with Crippen LogP contribution < -0.4 is 21.5 Å². The summed E-state index contributed by atoms with van der Waals surface area (Å²) in [6.45, 7) is 3.42. The third-order valence-electron chi connectivity index (χ3n) is 5.74. The van der Waals surface area contributed by atoms with Gasteiger partial charge in [0.15, 0.2) is 11.2 Å². The molecule has 8 heteroatoms. The number of anilines is 2. The molecule has 0 bridgehead atoms. The first-order valence-corrected chi connectivity index (χ1v) is 10.3. The molecule has 1 aliphatic rings. The maximum atomic E-state index is 12.6. The van der Waals surface area contributed by atoms with Crippen LogP contribution in [0.2, 0.25) is 0 Å². The highest BCUT2D eigenvalue weighted by atomic mass is 16.2. The number of fused-ring (bicyclic) bond motifs is 1. The smallest absolute Gasteiger partial charge is 0.332 e. The Balaban J connectivity index is 1.53. The van der Waals surface area contributed by atoms with Crippen LogP contribution in [-0.2, 0) is 20.6 Å². The third kappa shape index (κ3) is 3.66. The number of aryl methyl sites for hydroxylation is 1. The lowest BCUT2D eigenvalue weighted by atomic mass is 10.2. The van der Waals surface area contributed by atoms with Gasteiger partial charge >= 0.3 is 5.69 Å². The fourth-order valence-electron chi connectivity index (χ4n) is 4.09. The molecule has 3 heterocycles. The molecule has 154 valence electrons. The van der Waals surface area contributed by atoms with Crippen molar-refractivity contribution >= 4 is 22.5 Å². The Kier molecular flexibility index (Phi) is 5.42. The van der Waals surface area contributed by atoms with Gasteiger partial charge in [-0.2, -0.15) is 0 Å². The van der Waals surface area contributed by atoms with Crippen molar-refractivity contribution in [2.75, 3.05) is 29.9 Å². The number of imidazole rings is 1. The first-order valence-electron chi connectivity index (χ1n) is 10.3. The van der Waals surface area contributed by atoms with Crippen LogP contribution in [-0.4, -0.2) is 38.3 Å². The summed E-state index contributed by atoms with van der Waals surface area (Å²) in [5.74, 6) is 0. The largest absolute Gasteiger partial charge is 0.382 e. The second kappa shape index (κ2) is 8.14. The van der Waals surface area contributed by atoms with Crippen LogP contribution in [0.25, 0.3) is 11.2 Å². The zero-order chi connectivity index (χ0) is 20.4. The van der Waals surface area contributed by atoms with Crippen molar-refractivity contribution in [3.63, 3.8) is 0 Å². The van der Waals surface area contributed by atoms with E-state index >= 15 is 0 Å². The van der Waals surface area contributed by atoms with E-state index in [-0.39, 0.29) is 11.2 Å². The SMILES string of the molecule is Cn1c(=O)c2c(ncn2CCNc2ccccc2N2CCCCCC2)n(C)c1=O. The minimum Gasteiger partial charge on any atom is -0.382 e. The predicted octanol–water partition coefficient (Wildman–Crippen LogP) is 1.93. The van der Waals surface area contributed by atoms with Gasteiger partial charge in [-0.1, -0.05) is 25.0 Å². The standard InChI is InChI=1S/C21H28N6O2/c1-24-19-18(20(28)25(2)21(24)29)27(15-23-19)14-11-22-16-9-5-6-10-17(16)26-12-7-3-4-8-13-26/h5-6,9-10,15,22H,3-4,7-8,11-14H2,1-2H3. The third-order valence-corrected chi connectivity index (χ3v) is 5.74. The average molecular weight is 396 g/mol. The Morgan fingerprint density at radius 3 is 2.48 bits per heavy atom. The Hall–Kier alpha value is -3.03. The van der Waals surface area contributed by atoms with Gasteiger partial charge in [0.05, 0.1) is 17.7 Å². The van der Waals surface area contributed by atoms with E-state index in [0.29, 0.717) is 24.3 Å². The molecule has 1 fully saturated rings. The Labute approximate surface area is 169 Å². The summed E-state index contributed by atoms with van der Waals surface area (Å²) < 4.78 is 4.36. The fraction of sp³-hybridized carbons (Fsp3) is 0.476. The maximum Gasteiger partial charge on any atom is 0.332 e. The number of rotatable bonds is 5. The molecule has 0 unspecified atom stereocenters. The monoisotopic (exact) mass is 396 g/mol. The number of hydrogen-bond acceptors (Lipinski definition) is 5. The second-order valence-corrected chi connectivity index (χ2v) is 7.66. The van der Waals surface area contributed by atoms with E-state index in [4.69, 9.17) is 0 Å². The second-order valence-electron chi connectivity index (χ2n) is 7.66. The summed E-state index contributed by atoms with van der Waals surface area (Å²) in [5.41, 5.74) is 2.55. The normalized spacial score (nSPS) is 14.9. The number of aromatic nitrogens is 4. The number of nitrogens with zero attached hydrogens (tertiary/aromatic N) is 5. The van der Waals surface area contributed by atoms with E-state index in [0.717, 1.165) is 23.3 Å². The van der Waals surface area contributed by atoms with Gasteiger partial charge in [0, 0.05) is 40.3 Å². The Bertz CT molecular complexity index is 1120. The highest BCUT2D eigenvalue weighted by molar-refractivity contribution is 5.71. The van der Waals surface area contributed by atoms with Crippen molar-refractivity contribution in [1.82, 2.24) is 18.7 Å². The van der Waals surface area contributed by atoms with Crippen LogP contribution in [0.15, 0.2) is 40.2 Å². The molecule has 29 heavy (non-hydrogen) atoms. The topological polar surface area (TPSA) is 77.1 Å². The van der Waals surface area contributed by atoms with E-state index in [1.807, 2.05) is 10.6 Å². The van der Waals surface area contributed by atoms with Crippen molar-refractivity contribution < 1.29 is 0 Å².